The summed E-state index contributed by atoms with van der Waals surface area (Å²) in [5, 5.41) is 4.24. The van der Waals surface area contributed by atoms with Crippen molar-refractivity contribution in [1.82, 2.24) is 14.8 Å². The number of nitrogens with zero attached hydrogens (tertiary/aromatic N) is 2. The number of pyridine rings is 1. The van der Waals surface area contributed by atoms with Gasteiger partial charge < -0.3 is 15.0 Å². The first-order valence-corrected chi connectivity index (χ1v) is 11.4. The SMILES string of the molecule is COc1cccc(-n2cc(C(=O)NCCCN3CCCC(C)C3)c3ccccc3c2=O)c1. The molecule has 2 aromatic carbocycles. The summed E-state index contributed by atoms with van der Waals surface area (Å²) in [4.78, 5) is 28.7. The van der Waals surface area contributed by atoms with Gasteiger partial charge in [-0.2, -0.15) is 0 Å². The molecule has 1 aliphatic heterocycles. The molecule has 3 aromatic rings. The molecule has 6 nitrogen and oxygen atoms in total. The van der Waals surface area contributed by atoms with E-state index in [4.69, 9.17) is 4.74 Å². The minimum Gasteiger partial charge on any atom is -0.497 e. The van der Waals surface area contributed by atoms with Crippen LogP contribution in [-0.2, 0) is 0 Å². The molecule has 0 radical (unpaired) electrons. The van der Waals surface area contributed by atoms with Crippen molar-refractivity contribution in [2.45, 2.75) is 26.2 Å². The Bertz CT molecular complexity index is 1150. The van der Waals surface area contributed by atoms with Crippen LogP contribution in [0.25, 0.3) is 16.5 Å². The zero-order valence-electron chi connectivity index (χ0n) is 18.8. The summed E-state index contributed by atoms with van der Waals surface area (Å²) in [5.41, 5.74) is 0.993. The third kappa shape index (κ3) is 4.86. The number of amides is 1. The fourth-order valence-electron chi connectivity index (χ4n) is 4.51. The van der Waals surface area contributed by atoms with Gasteiger partial charge in [0, 0.05) is 36.1 Å². The minimum atomic E-state index is -0.162. The molecule has 1 amide bonds. The van der Waals surface area contributed by atoms with Gasteiger partial charge >= 0.3 is 0 Å². The molecule has 1 atom stereocenters. The fourth-order valence-corrected chi connectivity index (χ4v) is 4.51. The highest BCUT2D eigenvalue weighted by atomic mass is 16.5. The number of aromatic nitrogens is 1. The maximum Gasteiger partial charge on any atom is 0.262 e. The van der Waals surface area contributed by atoms with E-state index in [0.29, 0.717) is 34.3 Å². The molecule has 4 rings (SSSR count). The smallest absolute Gasteiger partial charge is 0.262 e. The Morgan fingerprint density at radius 2 is 1.97 bits per heavy atom. The van der Waals surface area contributed by atoms with Gasteiger partial charge in [-0.3, -0.25) is 14.2 Å². The number of benzene rings is 2. The van der Waals surface area contributed by atoms with Crippen LogP contribution in [0.4, 0.5) is 0 Å². The molecule has 0 spiro atoms. The molecule has 32 heavy (non-hydrogen) atoms. The van der Waals surface area contributed by atoms with Crippen LogP contribution in [-0.4, -0.2) is 48.7 Å². The first-order valence-electron chi connectivity index (χ1n) is 11.4. The van der Waals surface area contributed by atoms with Gasteiger partial charge in [-0.15, -0.1) is 0 Å². The van der Waals surface area contributed by atoms with Crippen LogP contribution in [0.15, 0.2) is 59.5 Å². The highest BCUT2D eigenvalue weighted by Gasteiger charge is 2.17. The minimum absolute atomic E-state index is 0.162. The Kier molecular flexibility index (Phi) is 6.90. The van der Waals surface area contributed by atoms with Crippen molar-refractivity contribution in [3.63, 3.8) is 0 Å². The Labute approximate surface area is 188 Å². The van der Waals surface area contributed by atoms with Gasteiger partial charge in [-0.05, 0) is 56.5 Å². The standard InChI is InChI=1S/C26H31N3O3/c1-19-8-6-14-28(17-19)15-7-13-27-25(30)24-18-29(20-9-5-10-21(16-20)32-2)26(31)23-12-4-3-11-22(23)24/h3-5,9-12,16,18-19H,6-8,13-15,17H2,1-2H3,(H,27,30). The summed E-state index contributed by atoms with van der Waals surface area (Å²) in [5.74, 6) is 1.24. The van der Waals surface area contributed by atoms with Crippen LogP contribution in [0.5, 0.6) is 5.75 Å². The third-order valence-corrected chi connectivity index (χ3v) is 6.18. The monoisotopic (exact) mass is 433 g/mol. The summed E-state index contributed by atoms with van der Waals surface area (Å²) in [6.07, 6.45) is 5.11. The first kappa shape index (κ1) is 22.1. The van der Waals surface area contributed by atoms with Crippen molar-refractivity contribution < 1.29 is 9.53 Å². The molecule has 1 unspecified atom stereocenters. The lowest BCUT2D eigenvalue weighted by atomic mass is 10.0. The molecule has 0 aliphatic carbocycles. The van der Waals surface area contributed by atoms with E-state index in [0.717, 1.165) is 32.0 Å². The second-order valence-corrected chi connectivity index (χ2v) is 8.62. The quantitative estimate of drug-likeness (QED) is 0.575. The Morgan fingerprint density at radius 3 is 2.75 bits per heavy atom. The molecule has 1 aromatic heterocycles. The highest BCUT2D eigenvalue weighted by Crippen LogP contribution is 2.20. The van der Waals surface area contributed by atoms with Gasteiger partial charge in [0.25, 0.3) is 11.5 Å². The van der Waals surface area contributed by atoms with Crippen LogP contribution in [0.1, 0.15) is 36.5 Å². The van der Waals surface area contributed by atoms with Crippen LogP contribution in [0, 0.1) is 5.92 Å². The van der Waals surface area contributed by atoms with Crippen molar-refractivity contribution >= 4 is 16.7 Å². The average Bonchev–Trinajstić information content (AvgIpc) is 2.82. The topological polar surface area (TPSA) is 63.6 Å². The number of hydrogen-bond acceptors (Lipinski definition) is 4. The van der Waals surface area contributed by atoms with E-state index in [9.17, 15) is 9.59 Å². The number of likely N-dealkylation sites (tertiary alicyclic amines) is 1. The van der Waals surface area contributed by atoms with E-state index in [2.05, 4.69) is 17.1 Å². The lowest BCUT2D eigenvalue weighted by Crippen LogP contribution is -2.36. The number of ether oxygens (including phenoxy) is 1. The molecule has 1 aliphatic rings. The number of fused-ring (bicyclic) bond motifs is 1. The van der Waals surface area contributed by atoms with Gasteiger partial charge in [0.05, 0.1) is 18.4 Å². The third-order valence-electron chi connectivity index (χ3n) is 6.18. The second-order valence-electron chi connectivity index (χ2n) is 8.62. The molecule has 1 N–H and O–H groups in total. The molecule has 2 heterocycles. The maximum atomic E-state index is 13.2. The lowest BCUT2D eigenvalue weighted by molar-refractivity contribution is 0.0951. The van der Waals surface area contributed by atoms with Gasteiger partial charge in [-0.1, -0.05) is 31.2 Å². The van der Waals surface area contributed by atoms with Crippen molar-refractivity contribution in [3.8, 4) is 11.4 Å². The van der Waals surface area contributed by atoms with Gasteiger partial charge in [0.2, 0.25) is 0 Å². The maximum absolute atomic E-state index is 13.2. The summed E-state index contributed by atoms with van der Waals surface area (Å²) in [7, 11) is 1.59. The second kappa shape index (κ2) is 10.0. The average molecular weight is 434 g/mol. The Morgan fingerprint density at radius 1 is 1.16 bits per heavy atom. The van der Waals surface area contributed by atoms with E-state index < -0.39 is 0 Å². The highest BCUT2D eigenvalue weighted by molar-refractivity contribution is 6.06. The molecule has 1 saturated heterocycles. The van der Waals surface area contributed by atoms with E-state index in [1.54, 1.807) is 25.4 Å². The van der Waals surface area contributed by atoms with Crippen LogP contribution in [0.3, 0.4) is 0 Å². The zero-order valence-corrected chi connectivity index (χ0v) is 18.8. The van der Waals surface area contributed by atoms with E-state index in [-0.39, 0.29) is 11.5 Å². The number of hydrogen-bond donors (Lipinski definition) is 1. The summed E-state index contributed by atoms with van der Waals surface area (Å²) < 4.78 is 6.83. The van der Waals surface area contributed by atoms with Gasteiger partial charge in [0.15, 0.2) is 0 Å². The predicted molar refractivity (Wildman–Crippen MR) is 128 cm³/mol. The van der Waals surface area contributed by atoms with Crippen molar-refractivity contribution in [2.24, 2.45) is 5.92 Å². The van der Waals surface area contributed by atoms with Crippen LogP contribution < -0.4 is 15.6 Å². The van der Waals surface area contributed by atoms with E-state index in [1.165, 1.54) is 17.4 Å². The number of methoxy groups -OCH3 is 1. The molecule has 1 fully saturated rings. The Hall–Kier alpha value is -3.12. The molecular weight excluding hydrogens is 402 g/mol. The predicted octanol–water partition coefficient (Wildman–Crippen LogP) is 3.85. The van der Waals surface area contributed by atoms with E-state index >= 15 is 0 Å². The molecule has 0 bridgehead atoms. The van der Waals surface area contributed by atoms with Crippen molar-refractivity contribution in [3.05, 3.63) is 70.6 Å². The molecule has 0 saturated carbocycles. The number of carbonyl (C=O) groups excluding carboxylic acids is 1. The first-order chi connectivity index (χ1) is 15.6. The molecule has 168 valence electrons. The number of piperidine rings is 1. The largest absolute Gasteiger partial charge is 0.497 e. The zero-order chi connectivity index (χ0) is 22.5. The van der Waals surface area contributed by atoms with Crippen molar-refractivity contribution in [1.29, 1.82) is 0 Å². The number of carbonyl (C=O) groups is 1. The van der Waals surface area contributed by atoms with Crippen molar-refractivity contribution in [2.75, 3.05) is 33.3 Å². The normalized spacial score (nSPS) is 16.8. The van der Waals surface area contributed by atoms with Gasteiger partial charge in [-0.25, -0.2) is 0 Å². The summed E-state index contributed by atoms with van der Waals surface area (Å²) in [6, 6.07) is 14.5. The summed E-state index contributed by atoms with van der Waals surface area (Å²) >= 11 is 0. The number of nitrogens with one attached hydrogen (secondary N) is 1. The van der Waals surface area contributed by atoms with Crippen LogP contribution in [0.2, 0.25) is 0 Å². The molecule has 6 heteroatoms. The Balaban J connectivity index is 1.55. The van der Waals surface area contributed by atoms with E-state index in [1.807, 2.05) is 36.4 Å². The number of rotatable bonds is 7. The van der Waals surface area contributed by atoms with Crippen LogP contribution >= 0.6 is 0 Å². The summed E-state index contributed by atoms with van der Waals surface area (Å²) in [6.45, 7) is 6.19. The lowest BCUT2D eigenvalue weighted by Gasteiger charge is -2.30. The molecular formula is C26H31N3O3. The van der Waals surface area contributed by atoms with Gasteiger partial charge in [0.1, 0.15) is 5.75 Å². The fraction of sp³-hybridized carbons (Fsp3) is 0.385.